The zero-order chi connectivity index (χ0) is 15.9. The molecule has 116 valence electrons. The van der Waals surface area contributed by atoms with Crippen LogP contribution in [0.3, 0.4) is 0 Å². The Bertz CT molecular complexity index is 549. The van der Waals surface area contributed by atoms with Crippen LogP contribution in [0.1, 0.15) is 25.8 Å². The lowest BCUT2D eigenvalue weighted by Crippen LogP contribution is -2.28. The van der Waals surface area contributed by atoms with Crippen molar-refractivity contribution in [3.63, 3.8) is 0 Å². The van der Waals surface area contributed by atoms with Gasteiger partial charge in [-0.1, -0.05) is 19.1 Å². The van der Waals surface area contributed by atoms with E-state index in [2.05, 4.69) is 10.0 Å². The van der Waals surface area contributed by atoms with Crippen molar-refractivity contribution in [3.05, 3.63) is 40.3 Å². The van der Waals surface area contributed by atoms with Crippen LogP contribution in [0, 0.1) is 0 Å². The molecule has 0 fully saturated rings. The molecule has 0 saturated heterocycles. The van der Waals surface area contributed by atoms with Gasteiger partial charge < -0.3 is 13.8 Å². The van der Waals surface area contributed by atoms with Crippen molar-refractivity contribution in [3.8, 4) is 5.75 Å². The molecule has 0 N–H and O–H groups in total. The summed E-state index contributed by atoms with van der Waals surface area (Å²) in [5.41, 5.74) is 8.43. The van der Waals surface area contributed by atoms with Gasteiger partial charge in [-0.2, -0.15) is 0 Å². The molecular weight excluding hydrogens is 293 g/mol. The average Bonchev–Trinajstić information content (AvgIpc) is 2.49. The van der Waals surface area contributed by atoms with Gasteiger partial charge in [0.25, 0.3) is 0 Å². The summed E-state index contributed by atoms with van der Waals surface area (Å²) in [7, 11) is -0.372. The van der Waals surface area contributed by atoms with Crippen molar-refractivity contribution in [2.45, 2.75) is 32.2 Å². The molecule has 8 heteroatoms. The van der Waals surface area contributed by atoms with Crippen LogP contribution in [0.2, 0.25) is 0 Å². The van der Waals surface area contributed by atoms with Crippen molar-refractivity contribution in [1.82, 2.24) is 0 Å². The number of nitrogens with zero attached hydrogens (tertiary/aromatic N) is 3. The number of rotatable bonds is 8. The molecule has 0 heterocycles. The molecule has 1 aromatic carbocycles. The van der Waals surface area contributed by atoms with Crippen LogP contribution < -0.4 is 4.74 Å². The summed E-state index contributed by atoms with van der Waals surface area (Å²) in [5.74, 6) is 0.570. The molecule has 1 rings (SSSR count). The van der Waals surface area contributed by atoms with Gasteiger partial charge in [-0.05, 0) is 41.7 Å². The Morgan fingerprint density at radius 2 is 1.86 bits per heavy atom. The molecule has 0 saturated carbocycles. The summed E-state index contributed by atoms with van der Waals surface area (Å²) in [4.78, 5) is 2.79. The van der Waals surface area contributed by atoms with Crippen LogP contribution in [0.5, 0.6) is 5.75 Å². The first kappa shape index (κ1) is 17.5. The van der Waals surface area contributed by atoms with E-state index < -0.39 is 13.3 Å². The fourth-order valence-corrected chi connectivity index (χ4v) is 2.67. The minimum absolute atomic E-state index is 0.182. The molecule has 7 nitrogen and oxygen atoms in total. The third kappa shape index (κ3) is 5.06. The van der Waals surface area contributed by atoms with Crippen LogP contribution in [-0.2, 0) is 19.8 Å². The quantitative estimate of drug-likeness (QED) is 0.306. The zero-order valence-corrected chi connectivity index (χ0v) is 13.5. The van der Waals surface area contributed by atoms with E-state index in [1.165, 1.54) is 14.2 Å². The Hall–Kier alpha value is -1.52. The first-order chi connectivity index (χ1) is 9.90. The summed E-state index contributed by atoms with van der Waals surface area (Å²) >= 11 is 0. The highest BCUT2D eigenvalue weighted by Gasteiger charge is 2.23. The summed E-state index contributed by atoms with van der Waals surface area (Å²) in [6.07, 6.45) is 0.725. The third-order valence-electron chi connectivity index (χ3n) is 3.11. The minimum atomic E-state index is -3.08. The van der Waals surface area contributed by atoms with Crippen LogP contribution in [0.4, 0.5) is 0 Å². The lowest BCUT2D eigenvalue weighted by atomic mass is 10.2. The molecule has 0 amide bonds. The van der Waals surface area contributed by atoms with Crippen LogP contribution in [0.15, 0.2) is 29.4 Å². The van der Waals surface area contributed by atoms with E-state index in [0.717, 1.165) is 5.56 Å². The first-order valence-corrected chi connectivity index (χ1v) is 8.18. The molecule has 1 aromatic rings. The molecular formula is C13H20N3O4P. The van der Waals surface area contributed by atoms with Gasteiger partial charge >= 0.3 is 7.60 Å². The monoisotopic (exact) mass is 313 g/mol. The summed E-state index contributed by atoms with van der Waals surface area (Å²) in [6, 6.07) is 7.00. The van der Waals surface area contributed by atoms with E-state index in [-0.39, 0.29) is 6.16 Å². The van der Waals surface area contributed by atoms with Crippen molar-refractivity contribution in [2.24, 2.45) is 5.11 Å². The van der Waals surface area contributed by atoms with Crippen LogP contribution >= 0.6 is 7.60 Å². The van der Waals surface area contributed by atoms with Gasteiger partial charge in [0, 0.05) is 19.1 Å². The highest BCUT2D eigenvalue weighted by Crippen LogP contribution is 2.49. The maximum Gasteiger partial charge on any atom is 0.334 e. The average molecular weight is 313 g/mol. The lowest BCUT2D eigenvalue weighted by molar-refractivity contribution is 0.0921. The second-order valence-corrected chi connectivity index (χ2v) is 6.87. The Morgan fingerprint density at radius 3 is 2.29 bits per heavy atom. The van der Waals surface area contributed by atoms with Crippen LogP contribution in [-0.4, -0.2) is 19.9 Å². The van der Waals surface area contributed by atoms with E-state index in [0.29, 0.717) is 12.2 Å². The first-order valence-electron chi connectivity index (χ1n) is 6.45. The highest BCUT2D eigenvalue weighted by atomic mass is 31.2. The number of hydrogen-bond acceptors (Lipinski definition) is 5. The summed E-state index contributed by atoms with van der Waals surface area (Å²) < 4.78 is 27.5. The van der Waals surface area contributed by atoms with E-state index in [1.807, 2.05) is 6.92 Å². The molecule has 0 aromatic heterocycles. The van der Waals surface area contributed by atoms with E-state index in [9.17, 15) is 4.57 Å². The number of benzene rings is 1. The van der Waals surface area contributed by atoms with Gasteiger partial charge in [-0.3, -0.25) is 4.57 Å². The maximum absolute atomic E-state index is 12.0. The Morgan fingerprint density at radius 1 is 1.29 bits per heavy atom. The Kier molecular flexibility index (Phi) is 6.24. The normalized spacial score (nSPS) is 14.1. The lowest BCUT2D eigenvalue weighted by Gasteiger charge is -2.24. The van der Waals surface area contributed by atoms with E-state index in [1.54, 1.807) is 31.2 Å². The number of hydrogen-bond donors (Lipinski definition) is 0. The van der Waals surface area contributed by atoms with Gasteiger partial charge in [-0.25, -0.2) is 0 Å². The van der Waals surface area contributed by atoms with Gasteiger partial charge in [0.1, 0.15) is 5.75 Å². The standard InChI is InChI=1S/C13H20N3O4P/c1-5-13(2,15-16-14)20-12-8-6-11(7-9-12)10-21(17,18-3)19-4/h6-9H,5,10H2,1-4H3/t13-/m0/s1. The minimum Gasteiger partial charge on any atom is -0.481 e. The molecule has 0 radical (unpaired) electrons. The van der Waals surface area contributed by atoms with E-state index >= 15 is 0 Å². The second kappa shape index (κ2) is 7.48. The number of azide groups is 1. The highest BCUT2D eigenvalue weighted by molar-refractivity contribution is 7.52. The van der Waals surface area contributed by atoms with Crippen LogP contribution in [0.25, 0.3) is 10.4 Å². The molecule has 0 bridgehead atoms. The topological polar surface area (TPSA) is 93.5 Å². The SMILES string of the molecule is CC[C@@](C)(N=[N+]=[N-])Oc1ccc(CP(=O)(OC)OC)cc1. The molecule has 0 unspecified atom stereocenters. The summed E-state index contributed by atoms with van der Waals surface area (Å²) in [5, 5.41) is 3.65. The van der Waals surface area contributed by atoms with Crippen molar-refractivity contribution >= 4 is 7.60 Å². The smallest absolute Gasteiger partial charge is 0.334 e. The molecule has 21 heavy (non-hydrogen) atoms. The number of ether oxygens (including phenoxy) is 1. The molecule has 0 aliphatic rings. The predicted molar refractivity (Wildman–Crippen MR) is 80.2 cm³/mol. The fraction of sp³-hybridized carbons (Fsp3) is 0.538. The van der Waals surface area contributed by atoms with Gasteiger partial charge in [0.05, 0.1) is 6.16 Å². The molecule has 0 aliphatic carbocycles. The Balaban J connectivity index is 2.83. The van der Waals surface area contributed by atoms with Gasteiger partial charge in [0.2, 0.25) is 0 Å². The molecule has 1 atom stereocenters. The van der Waals surface area contributed by atoms with E-state index in [4.69, 9.17) is 19.3 Å². The summed E-state index contributed by atoms with van der Waals surface area (Å²) in [6.45, 7) is 3.58. The Labute approximate surface area is 124 Å². The maximum atomic E-state index is 12.0. The van der Waals surface area contributed by atoms with Gasteiger partial charge in [0.15, 0.2) is 5.72 Å². The second-order valence-electron chi connectivity index (χ2n) is 4.60. The fourth-order valence-electron chi connectivity index (χ4n) is 1.60. The largest absolute Gasteiger partial charge is 0.481 e. The zero-order valence-electron chi connectivity index (χ0n) is 12.6. The van der Waals surface area contributed by atoms with Crippen molar-refractivity contribution in [1.29, 1.82) is 0 Å². The van der Waals surface area contributed by atoms with Crippen molar-refractivity contribution < 1.29 is 18.3 Å². The predicted octanol–water partition coefficient (Wildman–Crippen LogP) is 4.49. The third-order valence-corrected chi connectivity index (χ3v) is 4.97. The molecule has 0 aliphatic heterocycles. The van der Waals surface area contributed by atoms with Crippen molar-refractivity contribution in [2.75, 3.05) is 14.2 Å². The molecule has 0 spiro atoms. The van der Waals surface area contributed by atoms with Gasteiger partial charge in [-0.15, -0.1) is 0 Å².